The second-order valence-electron chi connectivity index (χ2n) is 6.57. The lowest BCUT2D eigenvalue weighted by Crippen LogP contribution is -1.96. The van der Waals surface area contributed by atoms with Crippen molar-refractivity contribution in [2.24, 2.45) is 0 Å². The van der Waals surface area contributed by atoms with Crippen LogP contribution in [0.5, 0.6) is 5.75 Å². The Morgan fingerprint density at radius 1 is 0.857 bits per heavy atom. The zero-order valence-electron chi connectivity index (χ0n) is 15.3. The SMILES string of the molecule is COc1ccc2nc(Nc3ccc(-c4ccccc4)cc3)c3[nH]ncc3c2c1. The quantitative estimate of drug-likeness (QED) is 0.439. The smallest absolute Gasteiger partial charge is 0.157 e. The third-order valence-corrected chi connectivity index (χ3v) is 4.86. The number of pyridine rings is 1. The van der Waals surface area contributed by atoms with Crippen molar-refractivity contribution < 1.29 is 4.74 Å². The Labute approximate surface area is 162 Å². The van der Waals surface area contributed by atoms with E-state index in [0.29, 0.717) is 0 Å². The van der Waals surface area contributed by atoms with Crippen molar-refractivity contribution in [3.05, 3.63) is 79.0 Å². The molecule has 0 aliphatic heterocycles. The van der Waals surface area contributed by atoms with Gasteiger partial charge in [-0.15, -0.1) is 0 Å². The molecule has 0 aliphatic rings. The molecule has 28 heavy (non-hydrogen) atoms. The zero-order chi connectivity index (χ0) is 18.9. The van der Waals surface area contributed by atoms with Gasteiger partial charge in [-0.1, -0.05) is 42.5 Å². The Morgan fingerprint density at radius 3 is 2.43 bits per heavy atom. The molecule has 0 aliphatic carbocycles. The average molecular weight is 366 g/mol. The van der Waals surface area contributed by atoms with Crippen LogP contribution >= 0.6 is 0 Å². The molecule has 0 spiro atoms. The van der Waals surface area contributed by atoms with Crippen LogP contribution < -0.4 is 10.1 Å². The monoisotopic (exact) mass is 366 g/mol. The summed E-state index contributed by atoms with van der Waals surface area (Å²) in [5.74, 6) is 1.55. The van der Waals surface area contributed by atoms with E-state index in [1.165, 1.54) is 11.1 Å². The van der Waals surface area contributed by atoms with Gasteiger partial charge in [-0.3, -0.25) is 5.10 Å². The third kappa shape index (κ3) is 2.83. The van der Waals surface area contributed by atoms with E-state index in [1.807, 2.05) is 42.6 Å². The van der Waals surface area contributed by atoms with E-state index in [0.717, 1.165) is 39.1 Å². The molecule has 2 N–H and O–H groups in total. The fourth-order valence-electron chi connectivity index (χ4n) is 3.41. The predicted molar refractivity (Wildman–Crippen MR) is 113 cm³/mol. The summed E-state index contributed by atoms with van der Waals surface area (Å²) in [6.07, 6.45) is 1.82. The first-order valence-corrected chi connectivity index (χ1v) is 9.05. The van der Waals surface area contributed by atoms with Crippen molar-refractivity contribution in [2.45, 2.75) is 0 Å². The van der Waals surface area contributed by atoms with Crippen LogP contribution in [0.2, 0.25) is 0 Å². The summed E-state index contributed by atoms with van der Waals surface area (Å²) in [5, 5.41) is 12.7. The number of nitrogens with one attached hydrogen (secondary N) is 2. The minimum absolute atomic E-state index is 0.748. The van der Waals surface area contributed by atoms with Crippen LogP contribution in [0.15, 0.2) is 79.0 Å². The van der Waals surface area contributed by atoms with Crippen LogP contribution in [0, 0.1) is 0 Å². The molecule has 5 nitrogen and oxygen atoms in total. The van der Waals surface area contributed by atoms with E-state index >= 15 is 0 Å². The number of ether oxygens (including phenoxy) is 1. The van der Waals surface area contributed by atoms with Gasteiger partial charge in [0.05, 0.1) is 18.8 Å². The average Bonchev–Trinajstić information content (AvgIpc) is 3.25. The number of rotatable bonds is 4. The number of methoxy groups -OCH3 is 1. The molecule has 0 radical (unpaired) electrons. The minimum Gasteiger partial charge on any atom is -0.497 e. The Morgan fingerprint density at radius 2 is 1.64 bits per heavy atom. The van der Waals surface area contributed by atoms with Gasteiger partial charge in [-0.25, -0.2) is 4.98 Å². The lowest BCUT2D eigenvalue weighted by atomic mass is 10.1. The van der Waals surface area contributed by atoms with Crippen molar-refractivity contribution >= 4 is 33.3 Å². The molecule has 136 valence electrons. The number of aromatic nitrogens is 3. The molecule has 3 aromatic carbocycles. The maximum absolute atomic E-state index is 5.35. The Kier molecular flexibility index (Phi) is 3.91. The van der Waals surface area contributed by atoms with Crippen LogP contribution in [-0.2, 0) is 0 Å². The van der Waals surface area contributed by atoms with E-state index in [-0.39, 0.29) is 0 Å². The van der Waals surface area contributed by atoms with Crippen molar-refractivity contribution in [1.29, 1.82) is 0 Å². The molecule has 0 atom stereocenters. The molecule has 2 heterocycles. The van der Waals surface area contributed by atoms with Crippen molar-refractivity contribution in [3.63, 3.8) is 0 Å². The van der Waals surface area contributed by atoms with E-state index in [2.05, 4.69) is 51.9 Å². The van der Waals surface area contributed by atoms with Crippen molar-refractivity contribution in [1.82, 2.24) is 15.2 Å². The van der Waals surface area contributed by atoms with Gasteiger partial charge in [-0.2, -0.15) is 5.10 Å². The molecule has 0 amide bonds. The minimum atomic E-state index is 0.748. The van der Waals surface area contributed by atoms with Crippen LogP contribution in [0.3, 0.4) is 0 Å². The molecule has 5 rings (SSSR count). The topological polar surface area (TPSA) is 62.8 Å². The van der Waals surface area contributed by atoms with Crippen LogP contribution in [0.4, 0.5) is 11.5 Å². The first-order valence-electron chi connectivity index (χ1n) is 9.05. The van der Waals surface area contributed by atoms with Crippen LogP contribution in [0.25, 0.3) is 32.9 Å². The van der Waals surface area contributed by atoms with Crippen LogP contribution in [0.1, 0.15) is 0 Å². The van der Waals surface area contributed by atoms with Gasteiger partial charge in [0, 0.05) is 16.5 Å². The summed E-state index contributed by atoms with van der Waals surface area (Å²) >= 11 is 0. The first-order chi connectivity index (χ1) is 13.8. The molecule has 5 heteroatoms. The Hall–Kier alpha value is -3.86. The summed E-state index contributed by atoms with van der Waals surface area (Å²) in [5.41, 5.74) is 5.10. The highest BCUT2D eigenvalue weighted by molar-refractivity contribution is 6.09. The third-order valence-electron chi connectivity index (χ3n) is 4.86. The van der Waals surface area contributed by atoms with Crippen molar-refractivity contribution in [3.8, 4) is 16.9 Å². The van der Waals surface area contributed by atoms with Gasteiger partial charge in [0.25, 0.3) is 0 Å². The standard InChI is InChI=1S/C23H18N4O/c1-28-18-11-12-21-19(13-18)20-14-24-27-22(20)23(26-21)25-17-9-7-16(8-10-17)15-5-3-2-4-6-15/h2-14H,1H3,(H,24,27)(H,25,26). The normalized spacial score (nSPS) is 11.0. The second-order valence-corrected chi connectivity index (χ2v) is 6.57. The highest BCUT2D eigenvalue weighted by Crippen LogP contribution is 2.32. The molecule has 5 aromatic rings. The molecule has 0 bridgehead atoms. The molecular weight excluding hydrogens is 348 g/mol. The lowest BCUT2D eigenvalue weighted by Gasteiger charge is -2.10. The van der Waals surface area contributed by atoms with Gasteiger partial charge < -0.3 is 10.1 Å². The fraction of sp³-hybridized carbons (Fsp3) is 0.0435. The number of hydrogen-bond donors (Lipinski definition) is 2. The zero-order valence-corrected chi connectivity index (χ0v) is 15.3. The summed E-state index contributed by atoms with van der Waals surface area (Å²) in [4.78, 5) is 4.79. The molecule has 0 unspecified atom stereocenters. The maximum atomic E-state index is 5.35. The highest BCUT2D eigenvalue weighted by Gasteiger charge is 2.11. The summed E-state index contributed by atoms with van der Waals surface area (Å²) < 4.78 is 5.35. The molecule has 2 aromatic heterocycles. The number of H-pyrrole nitrogens is 1. The molecule has 0 fully saturated rings. The number of aromatic amines is 1. The molecule has 0 saturated heterocycles. The number of benzene rings is 3. The first kappa shape index (κ1) is 16.3. The number of hydrogen-bond acceptors (Lipinski definition) is 4. The summed E-state index contributed by atoms with van der Waals surface area (Å²) in [7, 11) is 1.66. The predicted octanol–water partition coefficient (Wildman–Crippen LogP) is 5.53. The number of anilines is 2. The number of fused-ring (bicyclic) bond motifs is 3. The van der Waals surface area contributed by atoms with Gasteiger partial charge in [-0.05, 0) is 41.5 Å². The summed E-state index contributed by atoms with van der Waals surface area (Å²) in [6.45, 7) is 0. The summed E-state index contributed by atoms with van der Waals surface area (Å²) in [6, 6.07) is 24.5. The van der Waals surface area contributed by atoms with E-state index in [1.54, 1.807) is 7.11 Å². The number of nitrogens with zero attached hydrogens (tertiary/aromatic N) is 2. The van der Waals surface area contributed by atoms with Crippen molar-refractivity contribution in [2.75, 3.05) is 12.4 Å². The van der Waals surface area contributed by atoms with Gasteiger partial charge in [0.1, 0.15) is 11.3 Å². The van der Waals surface area contributed by atoms with Gasteiger partial charge >= 0.3 is 0 Å². The van der Waals surface area contributed by atoms with E-state index < -0.39 is 0 Å². The molecule has 0 saturated carbocycles. The van der Waals surface area contributed by atoms with Crippen LogP contribution in [-0.4, -0.2) is 22.3 Å². The molecular formula is C23H18N4O. The maximum Gasteiger partial charge on any atom is 0.157 e. The second kappa shape index (κ2) is 6.70. The Bertz CT molecular complexity index is 1260. The fourth-order valence-corrected chi connectivity index (χ4v) is 3.41. The van der Waals surface area contributed by atoms with E-state index in [4.69, 9.17) is 9.72 Å². The van der Waals surface area contributed by atoms with Gasteiger partial charge in [0.2, 0.25) is 0 Å². The Balaban J connectivity index is 1.53. The highest BCUT2D eigenvalue weighted by atomic mass is 16.5. The van der Waals surface area contributed by atoms with Gasteiger partial charge in [0.15, 0.2) is 5.82 Å². The van der Waals surface area contributed by atoms with E-state index in [9.17, 15) is 0 Å². The lowest BCUT2D eigenvalue weighted by molar-refractivity contribution is 0.415. The largest absolute Gasteiger partial charge is 0.497 e.